The molecule has 1 atom stereocenters. The quantitative estimate of drug-likeness (QED) is 0.625. The van der Waals surface area contributed by atoms with Crippen molar-refractivity contribution in [2.75, 3.05) is 0 Å². The van der Waals surface area contributed by atoms with E-state index in [2.05, 4.69) is 19.1 Å². The first-order chi connectivity index (χ1) is 10.7. The zero-order chi connectivity index (χ0) is 15.2. The summed E-state index contributed by atoms with van der Waals surface area (Å²) in [5.41, 5.74) is 1.03. The van der Waals surface area contributed by atoms with Crippen LogP contribution in [0.15, 0.2) is 24.3 Å². The van der Waals surface area contributed by atoms with E-state index in [-0.39, 0.29) is 17.7 Å². The number of rotatable bonds is 3. The Morgan fingerprint density at radius 1 is 1.09 bits per heavy atom. The highest BCUT2D eigenvalue weighted by molar-refractivity contribution is 5.87. The first-order valence-electron chi connectivity index (χ1n) is 8.65. The number of carbonyl (C=O) groups excluding carboxylic acids is 1. The summed E-state index contributed by atoms with van der Waals surface area (Å²) in [5.74, 6) is -0.150. The third-order valence-electron chi connectivity index (χ3n) is 5.68. The molecule has 4 rings (SSSR count). The van der Waals surface area contributed by atoms with Gasteiger partial charge in [-0.25, -0.2) is 4.79 Å². The highest BCUT2D eigenvalue weighted by Gasteiger charge is 2.76. The third-order valence-corrected chi connectivity index (χ3v) is 5.68. The fraction of sp³-hybridized carbons (Fsp3) is 0.632. The highest BCUT2D eigenvalue weighted by Crippen LogP contribution is 2.63. The molecule has 1 heterocycles. The van der Waals surface area contributed by atoms with Crippen LogP contribution in [-0.4, -0.2) is 17.7 Å². The maximum Gasteiger partial charge on any atom is 0.346 e. The van der Waals surface area contributed by atoms with Crippen LogP contribution in [0.3, 0.4) is 0 Å². The summed E-state index contributed by atoms with van der Waals surface area (Å²) in [6.45, 7) is 2.06. The van der Waals surface area contributed by atoms with Crippen molar-refractivity contribution in [1.82, 2.24) is 0 Å². The minimum atomic E-state index is -0.837. The van der Waals surface area contributed by atoms with Gasteiger partial charge in [0.25, 0.3) is 0 Å². The molecule has 1 saturated heterocycles. The minimum absolute atomic E-state index is 0.111. The Morgan fingerprint density at radius 2 is 1.77 bits per heavy atom. The summed E-state index contributed by atoms with van der Waals surface area (Å²) in [5, 5.41) is 0. The smallest absolute Gasteiger partial charge is 0.346 e. The second-order valence-corrected chi connectivity index (χ2v) is 7.16. The van der Waals surface area contributed by atoms with Crippen molar-refractivity contribution in [1.29, 1.82) is 0 Å². The standard InChI is InChI=1S/C19H24O3/c1-14-8-10-15(11-9-14)19(17(20)21-16-6-5-7-16)18(22-19)12-3-2-4-13-18/h8-11,16H,2-7,12-13H2,1H3. The van der Waals surface area contributed by atoms with Gasteiger partial charge in [-0.3, -0.25) is 0 Å². The molecule has 3 heteroatoms. The van der Waals surface area contributed by atoms with Gasteiger partial charge in [0.05, 0.1) is 0 Å². The summed E-state index contributed by atoms with van der Waals surface area (Å²) >= 11 is 0. The second-order valence-electron chi connectivity index (χ2n) is 7.16. The number of benzene rings is 1. The van der Waals surface area contributed by atoms with E-state index in [0.717, 1.165) is 44.1 Å². The lowest BCUT2D eigenvalue weighted by molar-refractivity contribution is -0.160. The van der Waals surface area contributed by atoms with Gasteiger partial charge in [-0.05, 0) is 44.6 Å². The number of epoxide rings is 1. The van der Waals surface area contributed by atoms with E-state index < -0.39 is 5.60 Å². The van der Waals surface area contributed by atoms with Crippen molar-refractivity contribution in [2.24, 2.45) is 0 Å². The first-order valence-corrected chi connectivity index (χ1v) is 8.65. The molecule has 0 bridgehead atoms. The number of hydrogen-bond acceptors (Lipinski definition) is 3. The third kappa shape index (κ3) is 2.02. The average molecular weight is 300 g/mol. The molecule has 0 radical (unpaired) electrons. The van der Waals surface area contributed by atoms with Gasteiger partial charge in [0.1, 0.15) is 11.7 Å². The van der Waals surface area contributed by atoms with Crippen LogP contribution in [0.5, 0.6) is 0 Å². The van der Waals surface area contributed by atoms with Crippen molar-refractivity contribution in [3.63, 3.8) is 0 Å². The average Bonchev–Trinajstić information content (AvgIpc) is 3.13. The maximum atomic E-state index is 12.9. The normalized spacial score (nSPS) is 29.9. The van der Waals surface area contributed by atoms with Crippen LogP contribution in [0.1, 0.15) is 62.5 Å². The molecule has 2 aliphatic carbocycles. The van der Waals surface area contributed by atoms with Crippen molar-refractivity contribution < 1.29 is 14.3 Å². The maximum absolute atomic E-state index is 12.9. The van der Waals surface area contributed by atoms with Gasteiger partial charge in [0.15, 0.2) is 0 Å². The van der Waals surface area contributed by atoms with E-state index in [1.165, 1.54) is 18.4 Å². The monoisotopic (exact) mass is 300 g/mol. The van der Waals surface area contributed by atoms with Gasteiger partial charge in [0, 0.05) is 0 Å². The first kappa shape index (κ1) is 14.3. The zero-order valence-electron chi connectivity index (χ0n) is 13.3. The van der Waals surface area contributed by atoms with Crippen molar-refractivity contribution in [3.05, 3.63) is 35.4 Å². The lowest BCUT2D eigenvalue weighted by Gasteiger charge is -2.29. The Balaban J connectivity index is 1.66. The van der Waals surface area contributed by atoms with Gasteiger partial charge in [0.2, 0.25) is 5.60 Å². The van der Waals surface area contributed by atoms with Gasteiger partial charge in [-0.2, -0.15) is 0 Å². The molecule has 1 aromatic carbocycles. The Bertz CT molecular complexity index is 567. The van der Waals surface area contributed by atoms with Crippen molar-refractivity contribution in [3.8, 4) is 0 Å². The molecule has 1 aliphatic heterocycles. The van der Waals surface area contributed by atoms with E-state index >= 15 is 0 Å². The topological polar surface area (TPSA) is 38.8 Å². The van der Waals surface area contributed by atoms with Crippen LogP contribution >= 0.6 is 0 Å². The molecular weight excluding hydrogens is 276 g/mol. The lowest BCUT2D eigenvalue weighted by atomic mass is 9.76. The van der Waals surface area contributed by atoms with Crippen LogP contribution in [-0.2, 0) is 19.9 Å². The highest BCUT2D eigenvalue weighted by atomic mass is 16.7. The second kappa shape index (κ2) is 5.09. The summed E-state index contributed by atoms with van der Waals surface area (Å²) < 4.78 is 12.0. The van der Waals surface area contributed by atoms with E-state index in [9.17, 15) is 4.79 Å². The molecule has 3 nitrogen and oxygen atoms in total. The molecule has 0 aromatic heterocycles. The van der Waals surface area contributed by atoms with Crippen LogP contribution in [0, 0.1) is 6.92 Å². The van der Waals surface area contributed by atoms with Crippen LogP contribution in [0.25, 0.3) is 0 Å². The molecule has 22 heavy (non-hydrogen) atoms. The van der Waals surface area contributed by atoms with Crippen LogP contribution < -0.4 is 0 Å². The van der Waals surface area contributed by atoms with Gasteiger partial charge in [-0.1, -0.05) is 49.1 Å². The van der Waals surface area contributed by atoms with Crippen molar-refractivity contribution >= 4 is 5.97 Å². The number of ether oxygens (including phenoxy) is 2. The number of esters is 1. The number of aryl methyl sites for hydroxylation is 1. The van der Waals surface area contributed by atoms with E-state index in [0.29, 0.717) is 0 Å². The number of hydrogen-bond donors (Lipinski definition) is 0. The molecule has 1 unspecified atom stereocenters. The molecule has 118 valence electrons. The summed E-state index contributed by atoms with van der Waals surface area (Å²) in [6, 6.07) is 8.21. The Kier molecular flexibility index (Phi) is 3.30. The largest absolute Gasteiger partial charge is 0.460 e. The van der Waals surface area contributed by atoms with Gasteiger partial charge in [-0.15, -0.1) is 0 Å². The van der Waals surface area contributed by atoms with E-state index in [1.54, 1.807) is 0 Å². The SMILES string of the molecule is Cc1ccc(C2(C(=O)OC3CCC3)OC23CCCCC3)cc1. The molecule has 1 aromatic rings. The summed E-state index contributed by atoms with van der Waals surface area (Å²) in [7, 11) is 0. The molecule has 3 aliphatic rings. The Hall–Kier alpha value is -1.35. The van der Waals surface area contributed by atoms with Crippen LogP contribution in [0.2, 0.25) is 0 Å². The summed E-state index contributed by atoms with van der Waals surface area (Å²) in [6.07, 6.45) is 8.76. The lowest BCUT2D eigenvalue weighted by Crippen LogP contribution is -2.38. The molecule has 1 spiro atoms. The predicted molar refractivity (Wildman–Crippen MR) is 83.5 cm³/mol. The van der Waals surface area contributed by atoms with Crippen molar-refractivity contribution in [2.45, 2.75) is 75.6 Å². The zero-order valence-corrected chi connectivity index (χ0v) is 13.3. The van der Waals surface area contributed by atoms with Gasteiger partial charge < -0.3 is 9.47 Å². The number of carbonyl (C=O) groups is 1. The molecule has 0 amide bonds. The predicted octanol–water partition coefficient (Wildman–Crippen LogP) is 4.02. The van der Waals surface area contributed by atoms with E-state index in [1.807, 2.05) is 12.1 Å². The molecule has 0 N–H and O–H groups in total. The fourth-order valence-corrected chi connectivity index (χ4v) is 4.02. The Labute approximate surface area is 132 Å². The molecule has 2 saturated carbocycles. The summed E-state index contributed by atoms with van der Waals surface area (Å²) in [4.78, 5) is 12.9. The molecular formula is C19H24O3. The van der Waals surface area contributed by atoms with Crippen LogP contribution in [0.4, 0.5) is 0 Å². The Morgan fingerprint density at radius 3 is 2.36 bits per heavy atom. The minimum Gasteiger partial charge on any atom is -0.460 e. The van der Waals surface area contributed by atoms with Gasteiger partial charge >= 0.3 is 5.97 Å². The fourth-order valence-electron chi connectivity index (χ4n) is 4.02. The van der Waals surface area contributed by atoms with E-state index in [4.69, 9.17) is 9.47 Å². The molecule has 3 fully saturated rings.